The summed E-state index contributed by atoms with van der Waals surface area (Å²) in [6, 6.07) is 7.91. The van der Waals surface area contributed by atoms with Gasteiger partial charge in [0.15, 0.2) is 0 Å². The van der Waals surface area contributed by atoms with E-state index in [1.807, 2.05) is 43.0 Å². The van der Waals surface area contributed by atoms with Crippen molar-refractivity contribution >= 4 is 11.8 Å². The fourth-order valence-corrected chi connectivity index (χ4v) is 2.70. The Bertz CT molecular complexity index is 551. The van der Waals surface area contributed by atoms with Gasteiger partial charge >= 0.3 is 0 Å². The molecular formula is C18H27N3O2. The molecule has 126 valence electrons. The number of benzene rings is 1. The van der Waals surface area contributed by atoms with E-state index in [1.54, 1.807) is 0 Å². The van der Waals surface area contributed by atoms with E-state index >= 15 is 0 Å². The number of hydrogen-bond acceptors (Lipinski definition) is 3. The molecule has 1 aromatic carbocycles. The van der Waals surface area contributed by atoms with Crippen LogP contribution in [0.2, 0.25) is 0 Å². The number of hydrogen-bond donors (Lipinski definition) is 1. The van der Waals surface area contributed by atoms with Crippen molar-refractivity contribution in [1.82, 2.24) is 15.1 Å². The predicted octanol–water partition coefficient (Wildman–Crippen LogP) is 1.67. The highest BCUT2D eigenvalue weighted by atomic mass is 16.2. The summed E-state index contributed by atoms with van der Waals surface area (Å²) >= 11 is 0. The number of rotatable bonds is 5. The molecule has 1 aliphatic heterocycles. The zero-order chi connectivity index (χ0) is 16.8. The molecule has 1 fully saturated rings. The topological polar surface area (TPSA) is 52.7 Å². The normalized spacial score (nSPS) is 16.9. The second-order valence-corrected chi connectivity index (χ2v) is 6.31. The number of carbonyl (C=O) groups excluding carboxylic acids is 2. The maximum Gasteiger partial charge on any atom is 0.253 e. The molecule has 5 nitrogen and oxygen atoms in total. The van der Waals surface area contributed by atoms with Crippen molar-refractivity contribution in [2.75, 3.05) is 32.7 Å². The van der Waals surface area contributed by atoms with E-state index in [2.05, 4.69) is 17.1 Å². The molecule has 1 N–H and O–H groups in total. The van der Waals surface area contributed by atoms with Crippen LogP contribution in [0.1, 0.15) is 36.2 Å². The Morgan fingerprint density at radius 2 is 1.91 bits per heavy atom. The van der Waals surface area contributed by atoms with Gasteiger partial charge in [0, 0.05) is 37.8 Å². The largest absolute Gasteiger partial charge is 0.353 e. The van der Waals surface area contributed by atoms with Gasteiger partial charge in [-0.15, -0.1) is 0 Å². The first kappa shape index (κ1) is 17.5. The summed E-state index contributed by atoms with van der Waals surface area (Å²) in [5, 5.41) is 2.98. The van der Waals surface area contributed by atoms with Crippen LogP contribution in [0.15, 0.2) is 24.3 Å². The van der Waals surface area contributed by atoms with E-state index in [4.69, 9.17) is 0 Å². The molecular weight excluding hydrogens is 290 g/mol. The van der Waals surface area contributed by atoms with Gasteiger partial charge in [-0.3, -0.25) is 14.5 Å². The van der Waals surface area contributed by atoms with E-state index in [1.165, 1.54) is 0 Å². The van der Waals surface area contributed by atoms with Crippen LogP contribution in [0.3, 0.4) is 0 Å². The van der Waals surface area contributed by atoms with Crippen molar-refractivity contribution in [2.24, 2.45) is 0 Å². The summed E-state index contributed by atoms with van der Waals surface area (Å²) in [5.74, 6) is 0.148. The molecule has 0 bridgehead atoms. The van der Waals surface area contributed by atoms with Gasteiger partial charge in [-0.05, 0) is 32.4 Å². The van der Waals surface area contributed by atoms with Crippen molar-refractivity contribution in [3.05, 3.63) is 35.4 Å². The van der Waals surface area contributed by atoms with Crippen molar-refractivity contribution < 1.29 is 9.59 Å². The van der Waals surface area contributed by atoms with Crippen molar-refractivity contribution in [1.29, 1.82) is 0 Å². The minimum absolute atomic E-state index is 0.0674. The quantitative estimate of drug-likeness (QED) is 0.899. The first-order valence-corrected chi connectivity index (χ1v) is 8.37. The van der Waals surface area contributed by atoms with Gasteiger partial charge in [0.2, 0.25) is 5.91 Å². The minimum Gasteiger partial charge on any atom is -0.353 e. The molecule has 0 radical (unpaired) electrons. The molecule has 1 aliphatic rings. The third kappa shape index (κ3) is 5.06. The van der Waals surface area contributed by atoms with Gasteiger partial charge in [0.1, 0.15) is 0 Å². The van der Waals surface area contributed by atoms with Gasteiger partial charge in [-0.25, -0.2) is 0 Å². The van der Waals surface area contributed by atoms with E-state index in [9.17, 15) is 9.59 Å². The monoisotopic (exact) mass is 317 g/mol. The zero-order valence-electron chi connectivity index (χ0n) is 14.3. The molecule has 0 aromatic heterocycles. The molecule has 0 saturated carbocycles. The molecule has 1 aromatic rings. The first-order chi connectivity index (χ1) is 11.0. The van der Waals surface area contributed by atoms with E-state index < -0.39 is 0 Å². The molecule has 1 unspecified atom stereocenters. The van der Waals surface area contributed by atoms with Crippen molar-refractivity contribution in [3.8, 4) is 0 Å². The van der Waals surface area contributed by atoms with Crippen molar-refractivity contribution in [2.45, 2.75) is 33.2 Å². The maximum atomic E-state index is 12.5. The van der Waals surface area contributed by atoms with Crippen LogP contribution in [-0.2, 0) is 4.79 Å². The summed E-state index contributed by atoms with van der Waals surface area (Å²) in [6.07, 6.45) is 0.935. The summed E-state index contributed by atoms with van der Waals surface area (Å²) in [7, 11) is 0. The molecule has 2 amide bonds. The summed E-state index contributed by atoms with van der Waals surface area (Å²) in [4.78, 5) is 28.4. The van der Waals surface area contributed by atoms with Crippen LogP contribution < -0.4 is 5.32 Å². The highest BCUT2D eigenvalue weighted by molar-refractivity contribution is 5.94. The number of amides is 2. The van der Waals surface area contributed by atoms with Crippen LogP contribution in [0.5, 0.6) is 0 Å². The van der Waals surface area contributed by atoms with Crippen molar-refractivity contribution in [3.63, 3.8) is 0 Å². The van der Waals surface area contributed by atoms with Gasteiger partial charge in [0.25, 0.3) is 5.91 Å². The number of piperazine rings is 1. The third-order valence-corrected chi connectivity index (χ3v) is 4.31. The number of nitrogens with one attached hydrogen (secondary N) is 1. The lowest BCUT2D eigenvalue weighted by Crippen LogP contribution is -2.51. The number of nitrogens with zero attached hydrogens (tertiary/aromatic N) is 2. The molecule has 0 aliphatic carbocycles. The average molecular weight is 317 g/mol. The Morgan fingerprint density at radius 1 is 1.22 bits per heavy atom. The zero-order valence-corrected chi connectivity index (χ0v) is 14.3. The van der Waals surface area contributed by atoms with Gasteiger partial charge < -0.3 is 10.2 Å². The summed E-state index contributed by atoms with van der Waals surface area (Å²) in [6.45, 7) is 9.29. The second-order valence-electron chi connectivity index (χ2n) is 6.31. The Balaban J connectivity index is 1.82. The number of aryl methyl sites for hydroxylation is 1. The van der Waals surface area contributed by atoms with Crippen LogP contribution in [0, 0.1) is 6.92 Å². The van der Waals surface area contributed by atoms with Gasteiger partial charge in [0.05, 0.1) is 6.54 Å². The standard InChI is InChI=1S/C18H27N3O2/c1-4-15(3)19-17(22)13-20-8-10-21(11-9-20)18(23)16-7-5-6-14(2)12-16/h5-7,12,15H,4,8-11,13H2,1-3H3,(H,19,22). The van der Waals surface area contributed by atoms with Crippen LogP contribution in [-0.4, -0.2) is 60.4 Å². The smallest absolute Gasteiger partial charge is 0.253 e. The molecule has 23 heavy (non-hydrogen) atoms. The Hall–Kier alpha value is -1.88. The molecule has 2 rings (SSSR count). The van der Waals surface area contributed by atoms with Gasteiger partial charge in [-0.2, -0.15) is 0 Å². The molecule has 1 heterocycles. The fraction of sp³-hybridized carbons (Fsp3) is 0.556. The summed E-state index contributed by atoms with van der Waals surface area (Å²) < 4.78 is 0. The summed E-state index contributed by atoms with van der Waals surface area (Å²) in [5.41, 5.74) is 1.84. The lowest BCUT2D eigenvalue weighted by Gasteiger charge is -2.34. The second kappa shape index (κ2) is 8.11. The molecule has 1 saturated heterocycles. The Labute approximate surface area is 138 Å². The molecule has 1 atom stereocenters. The average Bonchev–Trinajstić information content (AvgIpc) is 2.54. The van der Waals surface area contributed by atoms with Crippen LogP contribution >= 0.6 is 0 Å². The number of carbonyl (C=O) groups is 2. The third-order valence-electron chi connectivity index (χ3n) is 4.31. The molecule has 0 spiro atoms. The predicted molar refractivity (Wildman–Crippen MR) is 91.4 cm³/mol. The molecule has 5 heteroatoms. The minimum atomic E-state index is 0.0674. The first-order valence-electron chi connectivity index (χ1n) is 8.37. The van der Waals surface area contributed by atoms with Crippen LogP contribution in [0.25, 0.3) is 0 Å². The highest BCUT2D eigenvalue weighted by Crippen LogP contribution is 2.10. The fourth-order valence-electron chi connectivity index (χ4n) is 2.70. The lowest BCUT2D eigenvalue weighted by molar-refractivity contribution is -0.123. The SMILES string of the molecule is CCC(C)NC(=O)CN1CCN(C(=O)c2cccc(C)c2)CC1. The lowest BCUT2D eigenvalue weighted by atomic mass is 10.1. The Kier molecular flexibility index (Phi) is 6.16. The maximum absolute atomic E-state index is 12.5. The van der Waals surface area contributed by atoms with E-state index in [0.717, 1.165) is 30.6 Å². The highest BCUT2D eigenvalue weighted by Gasteiger charge is 2.23. The Morgan fingerprint density at radius 3 is 2.52 bits per heavy atom. The van der Waals surface area contributed by atoms with E-state index in [-0.39, 0.29) is 17.9 Å². The van der Waals surface area contributed by atoms with Gasteiger partial charge in [-0.1, -0.05) is 24.6 Å². The van der Waals surface area contributed by atoms with E-state index in [0.29, 0.717) is 19.6 Å². The van der Waals surface area contributed by atoms with Crippen LogP contribution in [0.4, 0.5) is 0 Å².